The summed E-state index contributed by atoms with van der Waals surface area (Å²) < 4.78 is 10.1. The molecule has 0 bridgehead atoms. The second-order valence-corrected chi connectivity index (χ2v) is 5.51. The minimum atomic E-state index is -1.24. The van der Waals surface area contributed by atoms with E-state index < -0.39 is 17.7 Å². The normalized spacial score (nSPS) is 17.1. The van der Waals surface area contributed by atoms with Crippen molar-refractivity contribution in [1.82, 2.24) is 10.2 Å². The molecule has 0 saturated carbocycles. The quantitative estimate of drug-likeness (QED) is 0.500. The first-order valence-corrected chi connectivity index (χ1v) is 6.73. The number of fused-ring (bicyclic) bond motifs is 1. The fourth-order valence-electron chi connectivity index (χ4n) is 2.18. The largest absolute Gasteiger partial charge is 0.419 e. The molecule has 0 atom stereocenters. The van der Waals surface area contributed by atoms with Crippen LogP contribution in [0, 0.1) is 6.92 Å². The van der Waals surface area contributed by atoms with E-state index in [0.29, 0.717) is 0 Å². The molecular formula is C15H15N3O4. The average molecular weight is 301 g/mol. The number of anilines is 1. The highest BCUT2D eigenvalue weighted by molar-refractivity contribution is 6.15. The van der Waals surface area contributed by atoms with Crippen LogP contribution in [0.25, 0.3) is 10.9 Å². The molecule has 0 amide bonds. The Balaban J connectivity index is 1.87. The molecule has 1 aromatic heterocycles. The molecule has 2 N–H and O–H groups in total. The maximum atomic E-state index is 11.9. The van der Waals surface area contributed by atoms with Crippen molar-refractivity contribution >= 4 is 28.5 Å². The molecule has 0 unspecified atom stereocenters. The van der Waals surface area contributed by atoms with Crippen LogP contribution < -0.4 is 5.32 Å². The van der Waals surface area contributed by atoms with E-state index in [2.05, 4.69) is 15.5 Å². The SMILES string of the molecule is Cc1cc2[nH]ncc2cc1NC=C1C(=O)OC(C)(C)OC1=O. The average Bonchev–Trinajstić information content (AvgIpc) is 2.83. The van der Waals surface area contributed by atoms with E-state index in [4.69, 9.17) is 9.47 Å². The second kappa shape index (κ2) is 4.87. The number of aryl methyl sites for hydroxylation is 1. The van der Waals surface area contributed by atoms with Gasteiger partial charge in [0.1, 0.15) is 0 Å². The molecule has 3 rings (SSSR count). The third-order valence-corrected chi connectivity index (χ3v) is 3.27. The van der Waals surface area contributed by atoms with Gasteiger partial charge in [-0.2, -0.15) is 5.10 Å². The van der Waals surface area contributed by atoms with Crippen LogP contribution in [0.3, 0.4) is 0 Å². The van der Waals surface area contributed by atoms with E-state index >= 15 is 0 Å². The Kier molecular flexibility index (Phi) is 3.13. The van der Waals surface area contributed by atoms with E-state index in [0.717, 1.165) is 22.2 Å². The van der Waals surface area contributed by atoms with Crippen LogP contribution >= 0.6 is 0 Å². The zero-order chi connectivity index (χ0) is 15.9. The number of nitrogens with one attached hydrogen (secondary N) is 2. The van der Waals surface area contributed by atoms with Gasteiger partial charge in [0.2, 0.25) is 0 Å². The van der Waals surface area contributed by atoms with Crippen molar-refractivity contribution in [3.8, 4) is 0 Å². The van der Waals surface area contributed by atoms with Gasteiger partial charge in [0.05, 0.1) is 11.7 Å². The number of carbonyl (C=O) groups excluding carboxylic acids is 2. The molecule has 0 radical (unpaired) electrons. The Bertz CT molecular complexity index is 782. The smallest absolute Gasteiger partial charge is 0.350 e. The molecule has 1 fully saturated rings. The summed E-state index contributed by atoms with van der Waals surface area (Å²) in [7, 11) is 0. The maximum absolute atomic E-state index is 11.9. The van der Waals surface area contributed by atoms with Crippen LogP contribution in [0.2, 0.25) is 0 Å². The van der Waals surface area contributed by atoms with Gasteiger partial charge in [-0.25, -0.2) is 9.59 Å². The molecule has 0 aliphatic carbocycles. The lowest BCUT2D eigenvalue weighted by Crippen LogP contribution is -2.42. The van der Waals surface area contributed by atoms with Gasteiger partial charge in [0.15, 0.2) is 5.57 Å². The number of ether oxygens (including phenoxy) is 2. The zero-order valence-corrected chi connectivity index (χ0v) is 12.4. The predicted molar refractivity (Wildman–Crippen MR) is 78.8 cm³/mol. The van der Waals surface area contributed by atoms with E-state index in [1.807, 2.05) is 19.1 Å². The summed E-state index contributed by atoms with van der Waals surface area (Å²) in [6.07, 6.45) is 2.99. The van der Waals surface area contributed by atoms with Crippen LogP contribution in [0.4, 0.5) is 5.69 Å². The molecule has 2 heterocycles. The molecule has 114 valence electrons. The number of hydrogen-bond donors (Lipinski definition) is 2. The number of aromatic amines is 1. The van der Waals surface area contributed by atoms with Gasteiger partial charge >= 0.3 is 11.9 Å². The Labute approximate surface area is 126 Å². The number of nitrogens with zero attached hydrogens (tertiary/aromatic N) is 1. The number of carbonyl (C=O) groups is 2. The van der Waals surface area contributed by atoms with Gasteiger partial charge in [0.25, 0.3) is 5.79 Å². The second-order valence-electron chi connectivity index (χ2n) is 5.51. The third-order valence-electron chi connectivity index (χ3n) is 3.27. The number of aromatic nitrogens is 2. The van der Waals surface area contributed by atoms with Crippen molar-refractivity contribution in [3.63, 3.8) is 0 Å². The highest BCUT2D eigenvalue weighted by Crippen LogP contribution is 2.25. The Morgan fingerprint density at radius 1 is 1.23 bits per heavy atom. The number of rotatable bonds is 2. The molecule has 7 heteroatoms. The van der Waals surface area contributed by atoms with Crippen molar-refractivity contribution in [2.75, 3.05) is 5.32 Å². The summed E-state index contributed by atoms with van der Waals surface area (Å²) in [4.78, 5) is 23.7. The van der Waals surface area contributed by atoms with E-state index in [1.165, 1.54) is 20.0 Å². The molecule has 1 aliphatic heterocycles. The van der Waals surface area contributed by atoms with E-state index in [-0.39, 0.29) is 5.57 Å². The van der Waals surface area contributed by atoms with Gasteiger partial charge in [-0.1, -0.05) is 0 Å². The molecule has 1 aliphatic rings. The minimum Gasteiger partial charge on any atom is -0.419 e. The number of esters is 2. The standard InChI is InChI=1S/C15H15N3O4/c1-8-4-12-9(6-17-18-12)5-11(8)16-7-10-13(19)21-15(2,3)22-14(10)20/h4-7,16H,1-3H3,(H,17,18). The zero-order valence-electron chi connectivity index (χ0n) is 12.4. The van der Waals surface area contributed by atoms with Gasteiger partial charge in [-0.15, -0.1) is 0 Å². The highest BCUT2D eigenvalue weighted by atomic mass is 16.7. The lowest BCUT2D eigenvalue weighted by atomic mass is 10.1. The summed E-state index contributed by atoms with van der Waals surface area (Å²) >= 11 is 0. The third kappa shape index (κ3) is 2.52. The van der Waals surface area contributed by atoms with Gasteiger partial charge in [-0.3, -0.25) is 5.10 Å². The van der Waals surface area contributed by atoms with Crippen LogP contribution in [-0.2, 0) is 19.1 Å². The molecule has 1 saturated heterocycles. The summed E-state index contributed by atoms with van der Waals surface area (Å²) in [5.74, 6) is -2.66. The van der Waals surface area contributed by atoms with Crippen molar-refractivity contribution in [3.05, 3.63) is 35.7 Å². The van der Waals surface area contributed by atoms with Crippen molar-refractivity contribution in [2.45, 2.75) is 26.6 Å². The lowest BCUT2D eigenvalue weighted by Gasteiger charge is -2.29. The fraction of sp³-hybridized carbons (Fsp3) is 0.267. The summed E-state index contributed by atoms with van der Waals surface area (Å²) in [6, 6.07) is 3.79. The fourth-order valence-corrected chi connectivity index (χ4v) is 2.18. The first kappa shape index (κ1) is 14.1. The number of H-pyrrole nitrogens is 1. The number of hydrogen-bond acceptors (Lipinski definition) is 6. The minimum absolute atomic E-state index is 0.175. The van der Waals surface area contributed by atoms with Crippen LogP contribution in [-0.4, -0.2) is 27.9 Å². The number of cyclic esters (lactones) is 2. The molecule has 0 spiro atoms. The summed E-state index contributed by atoms with van der Waals surface area (Å²) in [5, 5.41) is 10.7. The molecule has 22 heavy (non-hydrogen) atoms. The van der Waals surface area contributed by atoms with Crippen LogP contribution in [0.5, 0.6) is 0 Å². The van der Waals surface area contributed by atoms with Crippen LogP contribution in [0.1, 0.15) is 19.4 Å². The highest BCUT2D eigenvalue weighted by Gasteiger charge is 2.38. The molecular weight excluding hydrogens is 286 g/mol. The maximum Gasteiger partial charge on any atom is 0.350 e. The van der Waals surface area contributed by atoms with Gasteiger partial charge < -0.3 is 14.8 Å². The first-order valence-electron chi connectivity index (χ1n) is 6.73. The first-order chi connectivity index (χ1) is 10.4. The lowest BCUT2D eigenvalue weighted by molar-refractivity contribution is -0.222. The van der Waals surface area contributed by atoms with E-state index in [1.54, 1.807) is 6.20 Å². The Morgan fingerprint density at radius 3 is 2.59 bits per heavy atom. The predicted octanol–water partition coefficient (Wildman–Crippen LogP) is 2.00. The van der Waals surface area contributed by atoms with Crippen molar-refractivity contribution in [1.29, 1.82) is 0 Å². The number of benzene rings is 1. The molecule has 7 nitrogen and oxygen atoms in total. The van der Waals surface area contributed by atoms with Gasteiger partial charge in [0, 0.05) is 31.1 Å². The van der Waals surface area contributed by atoms with Crippen LogP contribution in [0.15, 0.2) is 30.1 Å². The Hall–Kier alpha value is -2.83. The van der Waals surface area contributed by atoms with Crippen molar-refractivity contribution in [2.24, 2.45) is 0 Å². The monoisotopic (exact) mass is 301 g/mol. The Morgan fingerprint density at radius 2 is 1.91 bits per heavy atom. The van der Waals surface area contributed by atoms with Gasteiger partial charge in [-0.05, 0) is 24.6 Å². The summed E-state index contributed by atoms with van der Waals surface area (Å²) in [5.41, 5.74) is 2.43. The van der Waals surface area contributed by atoms with E-state index in [9.17, 15) is 9.59 Å². The summed E-state index contributed by atoms with van der Waals surface area (Å²) in [6.45, 7) is 4.91. The topological polar surface area (TPSA) is 93.3 Å². The van der Waals surface area contributed by atoms with Crippen molar-refractivity contribution < 1.29 is 19.1 Å². The molecule has 1 aromatic carbocycles. The molecule has 2 aromatic rings.